The Hall–Kier alpha value is -1.47. The molecule has 0 unspecified atom stereocenters. The Morgan fingerprint density at radius 3 is 2.68 bits per heavy atom. The second kappa shape index (κ2) is 6.12. The minimum atomic E-state index is -0.508. The zero-order chi connectivity index (χ0) is 13.8. The van der Waals surface area contributed by atoms with Gasteiger partial charge >= 0.3 is 0 Å². The molecule has 2 N–H and O–H groups in total. The third kappa shape index (κ3) is 3.74. The summed E-state index contributed by atoms with van der Waals surface area (Å²) in [5.41, 5.74) is 0.212. The van der Waals surface area contributed by atoms with E-state index in [0.29, 0.717) is 10.0 Å². The number of amides is 1. The Labute approximate surface area is 118 Å². The minimum absolute atomic E-state index is 0.0927. The van der Waals surface area contributed by atoms with Gasteiger partial charge in [-0.15, -0.1) is 0 Å². The molecule has 1 fully saturated rings. The largest absolute Gasteiger partial charge is 0.349 e. The molecule has 6 nitrogen and oxygen atoms in total. The molecule has 0 atom stereocenters. The molecule has 1 saturated heterocycles. The van der Waals surface area contributed by atoms with Crippen LogP contribution in [0.15, 0.2) is 22.7 Å². The van der Waals surface area contributed by atoms with Crippen molar-refractivity contribution in [2.75, 3.05) is 13.1 Å². The molecule has 1 aliphatic heterocycles. The average Bonchev–Trinajstić information content (AvgIpc) is 2.39. The van der Waals surface area contributed by atoms with Crippen LogP contribution < -0.4 is 10.6 Å². The fraction of sp³-hybridized carbons (Fsp3) is 0.417. The predicted octanol–water partition coefficient (Wildman–Crippen LogP) is 1.84. The van der Waals surface area contributed by atoms with E-state index in [1.54, 1.807) is 6.07 Å². The first kappa shape index (κ1) is 14.0. The SMILES string of the molecule is O=C(NC1CCNCC1)c1cc(Br)cc([N+](=O)[O-])c1. The number of benzene rings is 1. The summed E-state index contributed by atoms with van der Waals surface area (Å²) in [6.07, 6.45) is 1.75. The first-order valence-corrected chi connectivity index (χ1v) is 6.82. The first-order chi connectivity index (χ1) is 9.06. The van der Waals surface area contributed by atoms with E-state index in [1.165, 1.54) is 12.1 Å². The Morgan fingerprint density at radius 1 is 1.37 bits per heavy atom. The van der Waals surface area contributed by atoms with Gasteiger partial charge in [-0.05, 0) is 32.0 Å². The number of piperidine rings is 1. The highest BCUT2D eigenvalue weighted by atomic mass is 79.9. The van der Waals surface area contributed by atoms with Crippen LogP contribution in [0.2, 0.25) is 0 Å². The molecule has 19 heavy (non-hydrogen) atoms. The maximum atomic E-state index is 12.1. The Bertz CT molecular complexity index is 501. The van der Waals surface area contributed by atoms with Crippen molar-refractivity contribution < 1.29 is 9.72 Å². The summed E-state index contributed by atoms with van der Waals surface area (Å²) in [7, 11) is 0. The molecule has 0 aliphatic carbocycles. The summed E-state index contributed by atoms with van der Waals surface area (Å²) in [5, 5.41) is 16.9. The standard InChI is InChI=1S/C12H14BrN3O3/c13-9-5-8(6-11(7-9)16(18)19)12(17)15-10-1-3-14-4-2-10/h5-7,10,14H,1-4H2,(H,15,17). The third-order valence-electron chi connectivity index (χ3n) is 3.03. The molecule has 7 heteroatoms. The van der Waals surface area contributed by atoms with Gasteiger partial charge in [-0.25, -0.2) is 0 Å². The van der Waals surface area contributed by atoms with Gasteiger partial charge in [0.1, 0.15) is 0 Å². The summed E-state index contributed by atoms with van der Waals surface area (Å²) in [5.74, 6) is -0.267. The molecule has 2 rings (SSSR count). The fourth-order valence-electron chi connectivity index (χ4n) is 2.05. The van der Waals surface area contributed by atoms with E-state index in [9.17, 15) is 14.9 Å². The number of carbonyl (C=O) groups excluding carboxylic acids is 1. The number of non-ortho nitro benzene ring substituents is 1. The lowest BCUT2D eigenvalue weighted by molar-refractivity contribution is -0.385. The average molecular weight is 328 g/mol. The first-order valence-electron chi connectivity index (χ1n) is 6.03. The van der Waals surface area contributed by atoms with Crippen LogP contribution in [-0.2, 0) is 0 Å². The van der Waals surface area contributed by atoms with Crippen molar-refractivity contribution >= 4 is 27.5 Å². The molecule has 0 aromatic heterocycles. The highest BCUT2D eigenvalue weighted by molar-refractivity contribution is 9.10. The summed E-state index contributed by atoms with van der Waals surface area (Å²) in [6.45, 7) is 1.76. The molecule has 1 aromatic rings. The van der Waals surface area contributed by atoms with Gasteiger partial charge in [0.25, 0.3) is 11.6 Å². The molecule has 0 radical (unpaired) electrons. The predicted molar refractivity (Wildman–Crippen MR) is 74.2 cm³/mol. The third-order valence-corrected chi connectivity index (χ3v) is 3.49. The Kier molecular flexibility index (Phi) is 4.49. The molecule has 102 valence electrons. The Morgan fingerprint density at radius 2 is 2.05 bits per heavy atom. The topological polar surface area (TPSA) is 84.3 Å². The van der Waals surface area contributed by atoms with Crippen molar-refractivity contribution in [2.24, 2.45) is 0 Å². The number of hydrogen-bond acceptors (Lipinski definition) is 4. The van der Waals surface area contributed by atoms with Crippen LogP contribution in [0.3, 0.4) is 0 Å². The van der Waals surface area contributed by atoms with Crippen molar-refractivity contribution in [2.45, 2.75) is 18.9 Å². The monoisotopic (exact) mass is 327 g/mol. The number of nitrogens with one attached hydrogen (secondary N) is 2. The number of nitro benzene ring substituents is 1. The van der Waals surface area contributed by atoms with Gasteiger partial charge in [-0.2, -0.15) is 0 Å². The van der Waals surface area contributed by atoms with Gasteiger partial charge in [-0.1, -0.05) is 15.9 Å². The van der Waals surface area contributed by atoms with Crippen molar-refractivity contribution in [3.8, 4) is 0 Å². The van der Waals surface area contributed by atoms with Gasteiger partial charge in [-0.3, -0.25) is 14.9 Å². The van der Waals surface area contributed by atoms with Crippen LogP contribution in [-0.4, -0.2) is 30.0 Å². The van der Waals surface area contributed by atoms with Crippen molar-refractivity contribution in [1.29, 1.82) is 0 Å². The maximum Gasteiger partial charge on any atom is 0.271 e. The number of rotatable bonds is 3. The van der Waals surface area contributed by atoms with Crippen LogP contribution >= 0.6 is 15.9 Å². The van der Waals surface area contributed by atoms with E-state index in [2.05, 4.69) is 26.6 Å². The smallest absolute Gasteiger partial charge is 0.271 e. The lowest BCUT2D eigenvalue weighted by atomic mass is 10.1. The summed E-state index contributed by atoms with van der Waals surface area (Å²) >= 11 is 3.18. The number of nitro groups is 1. The molecule has 0 bridgehead atoms. The Balaban J connectivity index is 2.11. The van der Waals surface area contributed by atoms with E-state index < -0.39 is 4.92 Å². The highest BCUT2D eigenvalue weighted by Crippen LogP contribution is 2.21. The molecule has 0 spiro atoms. The van der Waals surface area contributed by atoms with Gasteiger partial charge in [0.2, 0.25) is 0 Å². The minimum Gasteiger partial charge on any atom is -0.349 e. The second-order valence-electron chi connectivity index (χ2n) is 4.45. The number of hydrogen-bond donors (Lipinski definition) is 2. The molecule has 1 amide bonds. The van der Waals surface area contributed by atoms with Crippen LogP contribution in [0.5, 0.6) is 0 Å². The van der Waals surface area contributed by atoms with E-state index in [4.69, 9.17) is 0 Å². The van der Waals surface area contributed by atoms with E-state index in [0.717, 1.165) is 25.9 Å². The van der Waals surface area contributed by atoms with Crippen LogP contribution in [0.1, 0.15) is 23.2 Å². The number of nitrogens with zero attached hydrogens (tertiary/aromatic N) is 1. The molecular formula is C12H14BrN3O3. The lowest BCUT2D eigenvalue weighted by Gasteiger charge is -2.23. The van der Waals surface area contributed by atoms with Gasteiger partial charge < -0.3 is 10.6 Å². The summed E-state index contributed by atoms with van der Waals surface area (Å²) < 4.78 is 0.525. The van der Waals surface area contributed by atoms with Crippen LogP contribution in [0, 0.1) is 10.1 Å². The van der Waals surface area contributed by atoms with Gasteiger partial charge in [0.15, 0.2) is 0 Å². The highest BCUT2D eigenvalue weighted by Gasteiger charge is 2.18. The molecule has 1 heterocycles. The molecule has 0 saturated carbocycles. The lowest BCUT2D eigenvalue weighted by Crippen LogP contribution is -2.42. The van der Waals surface area contributed by atoms with Gasteiger partial charge in [0.05, 0.1) is 4.92 Å². The van der Waals surface area contributed by atoms with Crippen LogP contribution in [0.25, 0.3) is 0 Å². The zero-order valence-corrected chi connectivity index (χ0v) is 11.8. The number of carbonyl (C=O) groups is 1. The quantitative estimate of drug-likeness (QED) is 0.655. The molecule has 1 aromatic carbocycles. The van der Waals surface area contributed by atoms with E-state index in [-0.39, 0.29) is 17.6 Å². The maximum absolute atomic E-state index is 12.1. The van der Waals surface area contributed by atoms with Crippen molar-refractivity contribution in [3.05, 3.63) is 38.3 Å². The second-order valence-corrected chi connectivity index (χ2v) is 5.37. The normalized spacial score (nSPS) is 16.1. The number of halogens is 1. The van der Waals surface area contributed by atoms with E-state index in [1.807, 2.05) is 0 Å². The molecule has 1 aliphatic rings. The molecular weight excluding hydrogens is 314 g/mol. The summed E-state index contributed by atoms with van der Waals surface area (Å²) in [4.78, 5) is 22.3. The fourth-order valence-corrected chi connectivity index (χ4v) is 2.53. The summed E-state index contributed by atoms with van der Waals surface area (Å²) in [6, 6.07) is 4.39. The zero-order valence-electron chi connectivity index (χ0n) is 10.2. The van der Waals surface area contributed by atoms with Gasteiger partial charge in [0, 0.05) is 28.2 Å². The van der Waals surface area contributed by atoms with Crippen molar-refractivity contribution in [3.63, 3.8) is 0 Å². The van der Waals surface area contributed by atoms with E-state index >= 15 is 0 Å². The van der Waals surface area contributed by atoms with Crippen molar-refractivity contribution in [1.82, 2.24) is 10.6 Å². The van der Waals surface area contributed by atoms with Crippen LogP contribution in [0.4, 0.5) is 5.69 Å².